The molecule has 4 nitrogen and oxygen atoms in total. The lowest BCUT2D eigenvalue weighted by atomic mass is 9.69. The molecule has 0 spiro atoms. The minimum absolute atomic E-state index is 0.109. The summed E-state index contributed by atoms with van der Waals surface area (Å²) in [6.07, 6.45) is 6.01. The van der Waals surface area contributed by atoms with Crippen LogP contribution in [0.25, 0.3) is 0 Å². The second kappa shape index (κ2) is 8.32. The molecule has 0 amide bonds. The van der Waals surface area contributed by atoms with Crippen LogP contribution >= 0.6 is 0 Å². The van der Waals surface area contributed by atoms with E-state index in [-0.39, 0.29) is 5.60 Å². The third-order valence-corrected chi connectivity index (χ3v) is 5.70. The molecule has 0 heterocycles. The maximum Gasteiger partial charge on any atom is 0.326 e. The zero-order valence-electron chi connectivity index (χ0n) is 17.0. The largest absolute Gasteiger partial charge is 0.488 e. The summed E-state index contributed by atoms with van der Waals surface area (Å²) in [5.41, 5.74) is 1.08. The Bertz CT molecular complexity index is 580. The molecule has 0 radical (unpaired) electrons. The van der Waals surface area contributed by atoms with Crippen molar-refractivity contribution in [1.29, 1.82) is 0 Å². The number of aliphatic carboxylic acids is 1. The third-order valence-electron chi connectivity index (χ3n) is 5.70. The van der Waals surface area contributed by atoms with Crippen LogP contribution in [0.3, 0.4) is 0 Å². The molecule has 1 atom stereocenters. The van der Waals surface area contributed by atoms with Crippen LogP contribution in [0, 0.1) is 11.3 Å². The van der Waals surface area contributed by atoms with Gasteiger partial charge in [-0.3, -0.25) is 0 Å². The zero-order valence-corrected chi connectivity index (χ0v) is 17.0. The molecular formula is C22H35NO3. The SMILES string of the molecule is CCCC(Nc1ccc(O[C@]2(C)CC[C@H](C(C)(C)C)CC2)cc1)C(=O)O. The van der Waals surface area contributed by atoms with Crippen LogP contribution in [0.1, 0.15) is 73.1 Å². The first kappa shape index (κ1) is 20.6. The van der Waals surface area contributed by atoms with Crippen LogP contribution in [-0.4, -0.2) is 22.7 Å². The Kier molecular flexibility index (Phi) is 6.59. The summed E-state index contributed by atoms with van der Waals surface area (Å²) in [6, 6.07) is 7.15. The number of rotatable bonds is 7. The molecule has 1 unspecified atom stereocenters. The smallest absolute Gasteiger partial charge is 0.326 e. The van der Waals surface area contributed by atoms with Crippen LogP contribution in [-0.2, 0) is 4.79 Å². The van der Waals surface area contributed by atoms with Crippen molar-refractivity contribution < 1.29 is 14.6 Å². The summed E-state index contributed by atoms with van der Waals surface area (Å²) < 4.78 is 6.31. The number of hydrogen-bond donors (Lipinski definition) is 2. The first-order valence-corrected chi connectivity index (χ1v) is 9.91. The molecule has 146 valence electrons. The molecule has 1 aromatic rings. The molecule has 1 saturated carbocycles. The first-order chi connectivity index (χ1) is 12.1. The van der Waals surface area contributed by atoms with Crippen molar-refractivity contribution in [3.8, 4) is 5.75 Å². The number of anilines is 1. The van der Waals surface area contributed by atoms with E-state index in [1.54, 1.807) is 0 Å². The molecule has 1 aliphatic carbocycles. The number of carboxylic acid groups (broad SMARTS) is 1. The summed E-state index contributed by atoms with van der Waals surface area (Å²) >= 11 is 0. The molecule has 0 bridgehead atoms. The minimum Gasteiger partial charge on any atom is -0.488 e. The van der Waals surface area contributed by atoms with Crippen molar-refractivity contribution in [2.24, 2.45) is 11.3 Å². The Hall–Kier alpha value is -1.71. The number of nitrogens with one attached hydrogen (secondary N) is 1. The van der Waals surface area contributed by atoms with E-state index >= 15 is 0 Å². The molecule has 2 rings (SSSR count). The fourth-order valence-electron chi connectivity index (χ4n) is 3.85. The second-order valence-corrected chi connectivity index (χ2v) is 9.04. The highest BCUT2D eigenvalue weighted by atomic mass is 16.5. The Labute approximate surface area is 158 Å². The van der Waals surface area contributed by atoms with Crippen LogP contribution < -0.4 is 10.1 Å². The van der Waals surface area contributed by atoms with Gasteiger partial charge in [0.25, 0.3) is 0 Å². The fraction of sp³-hybridized carbons (Fsp3) is 0.682. The van der Waals surface area contributed by atoms with Gasteiger partial charge in [-0.25, -0.2) is 4.79 Å². The van der Waals surface area contributed by atoms with Crippen molar-refractivity contribution >= 4 is 11.7 Å². The van der Waals surface area contributed by atoms with Gasteiger partial charge >= 0.3 is 5.97 Å². The van der Waals surface area contributed by atoms with Gasteiger partial charge in [0.15, 0.2) is 0 Å². The molecule has 2 N–H and O–H groups in total. The highest BCUT2D eigenvalue weighted by Crippen LogP contribution is 2.43. The maximum atomic E-state index is 11.3. The standard InChI is InChI=1S/C22H35NO3/c1-6-7-19(20(24)25)23-17-8-10-18(11-9-17)26-22(5)14-12-16(13-15-22)21(2,3)4/h8-11,16,19,23H,6-7,12-15H2,1-5H3,(H,24,25)/t16-,19?,22+. The van der Waals surface area contributed by atoms with Crippen molar-refractivity contribution in [3.05, 3.63) is 24.3 Å². The normalized spacial score (nSPS) is 24.7. The summed E-state index contributed by atoms with van der Waals surface area (Å²) in [5, 5.41) is 12.3. The van der Waals surface area contributed by atoms with Gasteiger partial charge in [-0.1, -0.05) is 34.1 Å². The van der Waals surface area contributed by atoms with Crippen LogP contribution in [0.15, 0.2) is 24.3 Å². The summed E-state index contributed by atoms with van der Waals surface area (Å²) in [4.78, 5) is 11.3. The molecule has 1 aromatic carbocycles. The Balaban J connectivity index is 1.94. The molecule has 0 saturated heterocycles. The van der Waals surface area contributed by atoms with Crippen molar-refractivity contribution in [3.63, 3.8) is 0 Å². The van der Waals surface area contributed by atoms with E-state index in [2.05, 4.69) is 33.0 Å². The van der Waals surface area contributed by atoms with Gasteiger partial charge in [0.1, 0.15) is 17.4 Å². The van der Waals surface area contributed by atoms with Gasteiger partial charge in [-0.05, 0) is 74.6 Å². The quantitative estimate of drug-likeness (QED) is 0.651. The molecule has 0 aliphatic heterocycles. The molecular weight excluding hydrogens is 326 g/mol. The molecule has 1 fully saturated rings. The van der Waals surface area contributed by atoms with Gasteiger partial charge in [0, 0.05) is 5.69 Å². The number of carbonyl (C=O) groups is 1. The third kappa shape index (κ3) is 5.65. The average Bonchev–Trinajstić information content (AvgIpc) is 2.55. The molecule has 1 aliphatic rings. The highest BCUT2D eigenvalue weighted by molar-refractivity contribution is 5.77. The predicted molar refractivity (Wildman–Crippen MR) is 107 cm³/mol. The van der Waals surface area contributed by atoms with E-state index in [0.29, 0.717) is 11.8 Å². The lowest BCUT2D eigenvalue weighted by Gasteiger charge is -2.42. The Morgan fingerprint density at radius 1 is 1.27 bits per heavy atom. The minimum atomic E-state index is -0.810. The Morgan fingerprint density at radius 3 is 2.31 bits per heavy atom. The van der Waals surface area contributed by atoms with E-state index in [0.717, 1.165) is 36.6 Å². The van der Waals surface area contributed by atoms with E-state index < -0.39 is 12.0 Å². The maximum absolute atomic E-state index is 11.3. The summed E-state index contributed by atoms with van der Waals surface area (Å²) in [6.45, 7) is 11.2. The lowest BCUT2D eigenvalue weighted by molar-refractivity contribution is -0.138. The van der Waals surface area contributed by atoms with Gasteiger partial charge in [-0.15, -0.1) is 0 Å². The average molecular weight is 362 g/mol. The van der Waals surface area contributed by atoms with E-state index in [9.17, 15) is 9.90 Å². The van der Waals surface area contributed by atoms with E-state index in [1.807, 2.05) is 31.2 Å². The van der Waals surface area contributed by atoms with Crippen LogP contribution in [0.2, 0.25) is 0 Å². The first-order valence-electron chi connectivity index (χ1n) is 9.91. The van der Waals surface area contributed by atoms with Crippen molar-refractivity contribution in [1.82, 2.24) is 0 Å². The number of ether oxygens (including phenoxy) is 1. The number of benzene rings is 1. The Morgan fingerprint density at radius 2 is 1.85 bits per heavy atom. The van der Waals surface area contributed by atoms with E-state index in [4.69, 9.17) is 4.74 Å². The van der Waals surface area contributed by atoms with Gasteiger partial charge in [-0.2, -0.15) is 0 Å². The zero-order chi connectivity index (χ0) is 19.4. The predicted octanol–water partition coefficient (Wildman–Crippen LogP) is 5.73. The van der Waals surface area contributed by atoms with Crippen LogP contribution in [0.4, 0.5) is 5.69 Å². The lowest BCUT2D eigenvalue weighted by Crippen LogP contribution is -2.39. The highest BCUT2D eigenvalue weighted by Gasteiger charge is 2.37. The second-order valence-electron chi connectivity index (χ2n) is 9.04. The van der Waals surface area contributed by atoms with E-state index in [1.165, 1.54) is 12.8 Å². The monoisotopic (exact) mass is 361 g/mol. The summed E-state index contributed by atoms with van der Waals surface area (Å²) in [5.74, 6) is 0.808. The molecule has 0 aromatic heterocycles. The van der Waals surface area contributed by atoms with Crippen LogP contribution in [0.5, 0.6) is 5.75 Å². The number of hydrogen-bond acceptors (Lipinski definition) is 3. The number of carboxylic acids is 1. The van der Waals surface area contributed by atoms with Crippen molar-refractivity contribution in [2.45, 2.75) is 84.8 Å². The fourth-order valence-corrected chi connectivity index (χ4v) is 3.85. The summed E-state index contributed by atoms with van der Waals surface area (Å²) in [7, 11) is 0. The molecule has 26 heavy (non-hydrogen) atoms. The topological polar surface area (TPSA) is 58.6 Å². The van der Waals surface area contributed by atoms with Gasteiger partial charge in [0.2, 0.25) is 0 Å². The molecule has 4 heteroatoms. The van der Waals surface area contributed by atoms with Crippen molar-refractivity contribution in [2.75, 3.05) is 5.32 Å². The van der Waals surface area contributed by atoms with Gasteiger partial charge < -0.3 is 15.2 Å². The van der Waals surface area contributed by atoms with Gasteiger partial charge in [0.05, 0.1) is 0 Å².